The second-order valence-electron chi connectivity index (χ2n) is 6.77. The molecule has 1 amide bonds. The average molecular weight is 457 g/mol. The number of benzene rings is 2. The number of hydrogen-bond donors (Lipinski definition) is 1. The molecule has 1 fully saturated rings. The van der Waals surface area contributed by atoms with Crippen LogP contribution in [0.5, 0.6) is 5.75 Å². The zero-order valence-electron chi connectivity index (χ0n) is 16.0. The van der Waals surface area contributed by atoms with Gasteiger partial charge in [0, 0.05) is 13.1 Å². The van der Waals surface area contributed by atoms with Gasteiger partial charge in [-0.15, -0.1) is 0 Å². The summed E-state index contributed by atoms with van der Waals surface area (Å²) in [5.74, 6) is 0.0885. The minimum absolute atomic E-state index is 0.0764. The van der Waals surface area contributed by atoms with Crippen LogP contribution in [0.4, 0.5) is 5.69 Å². The number of carbonyl (C=O) groups is 1. The van der Waals surface area contributed by atoms with Crippen molar-refractivity contribution < 1.29 is 17.9 Å². The van der Waals surface area contributed by atoms with Crippen molar-refractivity contribution in [2.24, 2.45) is 0 Å². The Morgan fingerprint density at radius 1 is 1.03 bits per heavy atom. The van der Waals surface area contributed by atoms with E-state index in [9.17, 15) is 13.2 Å². The Hall–Kier alpha value is -1.96. The molecule has 0 atom stereocenters. The van der Waals surface area contributed by atoms with Gasteiger partial charge in [0.1, 0.15) is 5.75 Å². The summed E-state index contributed by atoms with van der Waals surface area (Å²) < 4.78 is 33.5. The Bertz CT molecular complexity index is 983. The van der Waals surface area contributed by atoms with Crippen LogP contribution in [-0.2, 0) is 10.0 Å². The molecule has 3 rings (SSSR count). The number of nitrogens with zero attached hydrogens (tertiary/aromatic N) is 1. The third-order valence-electron chi connectivity index (χ3n) is 4.80. The number of amides is 1. The number of halogens is 2. The number of para-hydroxylation sites is 1. The third-order valence-corrected chi connectivity index (χ3v) is 6.78. The lowest BCUT2D eigenvalue weighted by molar-refractivity contribution is 0.0758. The van der Waals surface area contributed by atoms with Crippen molar-refractivity contribution in [1.82, 2.24) is 4.90 Å². The summed E-state index contributed by atoms with van der Waals surface area (Å²) in [7, 11) is -2.57. The van der Waals surface area contributed by atoms with E-state index in [1.54, 1.807) is 11.0 Å². The first kappa shape index (κ1) is 21.7. The SMILES string of the molecule is COc1ccc(S(=O)(=O)Nc2c(Cl)cccc2Cl)cc1C(=O)N1CCCCCC1. The van der Waals surface area contributed by atoms with Gasteiger partial charge in [-0.2, -0.15) is 0 Å². The van der Waals surface area contributed by atoms with Crippen molar-refractivity contribution in [3.05, 3.63) is 52.0 Å². The van der Waals surface area contributed by atoms with Gasteiger partial charge < -0.3 is 9.64 Å². The van der Waals surface area contributed by atoms with Gasteiger partial charge >= 0.3 is 0 Å². The highest BCUT2D eigenvalue weighted by Crippen LogP contribution is 2.33. The average Bonchev–Trinajstić information content (AvgIpc) is 2.99. The molecule has 2 aromatic carbocycles. The Balaban J connectivity index is 1.96. The lowest BCUT2D eigenvalue weighted by atomic mass is 10.1. The van der Waals surface area contributed by atoms with E-state index in [4.69, 9.17) is 27.9 Å². The Kier molecular flexibility index (Phi) is 6.93. The fourth-order valence-electron chi connectivity index (χ4n) is 3.25. The van der Waals surface area contributed by atoms with Crippen LogP contribution in [0.15, 0.2) is 41.3 Å². The van der Waals surface area contributed by atoms with E-state index in [2.05, 4.69) is 4.72 Å². The van der Waals surface area contributed by atoms with E-state index in [1.165, 1.54) is 37.4 Å². The molecule has 9 heteroatoms. The predicted molar refractivity (Wildman–Crippen MR) is 115 cm³/mol. The Morgan fingerprint density at radius 2 is 1.66 bits per heavy atom. The largest absolute Gasteiger partial charge is 0.496 e. The van der Waals surface area contributed by atoms with Crippen LogP contribution in [0, 0.1) is 0 Å². The first-order valence-corrected chi connectivity index (χ1v) is 11.5. The van der Waals surface area contributed by atoms with Crippen LogP contribution in [0.1, 0.15) is 36.0 Å². The second-order valence-corrected chi connectivity index (χ2v) is 9.27. The van der Waals surface area contributed by atoms with Gasteiger partial charge in [0.05, 0.1) is 33.3 Å². The first-order valence-electron chi connectivity index (χ1n) is 9.27. The summed E-state index contributed by atoms with van der Waals surface area (Å²) in [6, 6.07) is 8.88. The van der Waals surface area contributed by atoms with E-state index in [0.29, 0.717) is 18.8 Å². The minimum atomic E-state index is -4.02. The maximum Gasteiger partial charge on any atom is 0.262 e. The normalized spacial score (nSPS) is 14.9. The molecule has 1 saturated heterocycles. The van der Waals surface area contributed by atoms with E-state index < -0.39 is 10.0 Å². The maximum absolute atomic E-state index is 13.1. The number of likely N-dealkylation sites (tertiary alicyclic amines) is 1. The van der Waals surface area contributed by atoms with E-state index in [0.717, 1.165) is 25.7 Å². The van der Waals surface area contributed by atoms with Gasteiger partial charge in [-0.25, -0.2) is 8.42 Å². The molecule has 0 bridgehead atoms. The van der Waals surface area contributed by atoms with Crippen LogP contribution >= 0.6 is 23.2 Å². The smallest absolute Gasteiger partial charge is 0.262 e. The van der Waals surface area contributed by atoms with Crippen molar-refractivity contribution >= 4 is 44.8 Å². The molecule has 29 heavy (non-hydrogen) atoms. The van der Waals surface area contributed by atoms with Gasteiger partial charge in [0.25, 0.3) is 15.9 Å². The number of sulfonamides is 1. The molecule has 0 spiro atoms. The van der Waals surface area contributed by atoms with E-state index >= 15 is 0 Å². The predicted octanol–water partition coefficient (Wildman–Crippen LogP) is 4.82. The third kappa shape index (κ3) is 4.97. The van der Waals surface area contributed by atoms with Gasteiger partial charge in [-0.05, 0) is 43.2 Å². The summed E-state index contributed by atoms with van der Waals surface area (Å²) in [6.45, 7) is 1.29. The molecule has 1 aliphatic heterocycles. The highest BCUT2D eigenvalue weighted by Gasteiger charge is 2.25. The molecule has 1 heterocycles. The van der Waals surface area contributed by atoms with Crippen LogP contribution in [-0.4, -0.2) is 39.4 Å². The van der Waals surface area contributed by atoms with Gasteiger partial charge in [-0.3, -0.25) is 9.52 Å². The number of nitrogens with one attached hydrogen (secondary N) is 1. The van der Waals surface area contributed by atoms with Gasteiger partial charge in [0.15, 0.2) is 0 Å². The first-order chi connectivity index (χ1) is 13.8. The van der Waals surface area contributed by atoms with Crippen molar-refractivity contribution in [3.63, 3.8) is 0 Å². The molecule has 0 saturated carbocycles. The molecule has 156 valence electrons. The number of carbonyl (C=O) groups excluding carboxylic acids is 1. The summed E-state index contributed by atoms with van der Waals surface area (Å²) in [5, 5.41) is 0.353. The molecule has 0 aromatic heterocycles. The zero-order chi connectivity index (χ0) is 21.0. The molecule has 0 aliphatic carbocycles. The lowest BCUT2D eigenvalue weighted by Gasteiger charge is -2.22. The fourth-order valence-corrected chi connectivity index (χ4v) is 4.98. The van der Waals surface area contributed by atoms with Crippen LogP contribution in [0.3, 0.4) is 0 Å². The number of anilines is 1. The quantitative estimate of drug-likeness (QED) is 0.699. The van der Waals surface area contributed by atoms with E-state index in [1.807, 2.05) is 0 Å². The Labute approximate surface area is 180 Å². The van der Waals surface area contributed by atoms with Crippen molar-refractivity contribution in [2.75, 3.05) is 24.9 Å². The molecule has 0 radical (unpaired) electrons. The van der Waals surface area contributed by atoms with Crippen LogP contribution < -0.4 is 9.46 Å². The molecule has 1 N–H and O–H groups in total. The summed E-state index contributed by atoms with van der Waals surface area (Å²) in [4.78, 5) is 14.7. The van der Waals surface area contributed by atoms with Gasteiger partial charge in [0.2, 0.25) is 0 Å². The molecule has 0 unspecified atom stereocenters. The summed E-state index contributed by atoms with van der Waals surface area (Å²) >= 11 is 12.2. The number of ether oxygens (including phenoxy) is 1. The van der Waals surface area contributed by atoms with Crippen LogP contribution in [0.2, 0.25) is 10.0 Å². The van der Waals surface area contributed by atoms with Crippen molar-refractivity contribution in [3.8, 4) is 5.75 Å². The molecule has 2 aromatic rings. The summed E-state index contributed by atoms with van der Waals surface area (Å²) in [6.07, 6.45) is 4.02. The fraction of sp³-hybridized carbons (Fsp3) is 0.350. The monoisotopic (exact) mass is 456 g/mol. The zero-order valence-corrected chi connectivity index (χ0v) is 18.3. The Morgan fingerprint density at radius 3 is 2.24 bits per heavy atom. The maximum atomic E-state index is 13.1. The van der Waals surface area contributed by atoms with Crippen molar-refractivity contribution in [1.29, 1.82) is 0 Å². The summed E-state index contributed by atoms with van der Waals surface area (Å²) in [5.41, 5.74) is 0.301. The second kappa shape index (κ2) is 9.24. The highest BCUT2D eigenvalue weighted by molar-refractivity contribution is 7.92. The molecular formula is C20H22Cl2N2O4S. The van der Waals surface area contributed by atoms with Crippen molar-refractivity contribution in [2.45, 2.75) is 30.6 Å². The topological polar surface area (TPSA) is 75.7 Å². The van der Waals surface area contributed by atoms with Gasteiger partial charge in [-0.1, -0.05) is 42.1 Å². The molecule has 1 aliphatic rings. The molecular weight excluding hydrogens is 435 g/mol. The van der Waals surface area contributed by atoms with Crippen LogP contribution in [0.25, 0.3) is 0 Å². The number of rotatable bonds is 5. The lowest BCUT2D eigenvalue weighted by Crippen LogP contribution is -2.32. The molecule has 6 nitrogen and oxygen atoms in total. The standard InChI is InChI=1S/C20H22Cl2N2O4S/c1-28-18-10-9-14(13-15(18)20(25)24-11-4-2-3-5-12-24)29(26,27)23-19-16(21)7-6-8-17(19)22/h6-10,13,23H,2-5,11-12H2,1H3. The number of methoxy groups -OCH3 is 1. The minimum Gasteiger partial charge on any atom is -0.496 e. The van der Waals surface area contributed by atoms with E-state index in [-0.39, 0.29) is 32.1 Å². The number of hydrogen-bond acceptors (Lipinski definition) is 4. The highest BCUT2D eigenvalue weighted by atomic mass is 35.5.